The zero-order valence-electron chi connectivity index (χ0n) is 10.5. The second kappa shape index (κ2) is 4.85. The van der Waals surface area contributed by atoms with Crippen LogP contribution in [0.4, 0.5) is 0 Å². The average molecular weight is 271 g/mol. The molecule has 0 fully saturated rings. The van der Waals surface area contributed by atoms with Gasteiger partial charge in [-0.3, -0.25) is 4.79 Å². The highest BCUT2D eigenvalue weighted by atomic mass is 32.1. The van der Waals surface area contributed by atoms with E-state index in [0.717, 1.165) is 15.9 Å². The fraction of sp³-hybridized carbons (Fsp3) is 0.143. The van der Waals surface area contributed by atoms with E-state index in [1.807, 2.05) is 47.3 Å². The molecule has 0 aliphatic heterocycles. The van der Waals surface area contributed by atoms with Crippen molar-refractivity contribution >= 4 is 28.1 Å². The van der Waals surface area contributed by atoms with Gasteiger partial charge in [0.15, 0.2) is 0 Å². The number of carbonyl (C=O) groups excluding carboxylic acids is 1. The van der Waals surface area contributed by atoms with E-state index >= 15 is 0 Å². The summed E-state index contributed by atoms with van der Waals surface area (Å²) >= 11 is 1.54. The first kappa shape index (κ1) is 11.9. The molecular weight excluding hydrogens is 258 g/mol. The predicted octanol–water partition coefficient (Wildman–Crippen LogP) is 2.56. The standard InChI is InChI=1S/C14H13N3OS/c1-17-11-5-3-2-4-10(11)8-12(17)14(18)16-9-13-15-6-7-19-13/h2-8H,9H2,1H3,(H,16,18). The van der Waals surface area contributed by atoms with Crippen molar-refractivity contribution in [3.8, 4) is 0 Å². The molecule has 0 unspecified atom stereocenters. The summed E-state index contributed by atoms with van der Waals surface area (Å²) in [6.07, 6.45) is 1.74. The highest BCUT2D eigenvalue weighted by Crippen LogP contribution is 2.18. The minimum absolute atomic E-state index is 0.0751. The first-order valence-electron chi connectivity index (χ1n) is 5.97. The molecule has 1 N–H and O–H groups in total. The van der Waals surface area contributed by atoms with Gasteiger partial charge in [-0.1, -0.05) is 18.2 Å². The van der Waals surface area contributed by atoms with E-state index in [0.29, 0.717) is 12.2 Å². The summed E-state index contributed by atoms with van der Waals surface area (Å²) in [5, 5.41) is 6.78. The lowest BCUT2D eigenvalue weighted by molar-refractivity contribution is 0.0943. The highest BCUT2D eigenvalue weighted by Gasteiger charge is 2.12. The third-order valence-electron chi connectivity index (χ3n) is 3.07. The topological polar surface area (TPSA) is 46.9 Å². The quantitative estimate of drug-likeness (QED) is 0.796. The fourth-order valence-electron chi connectivity index (χ4n) is 2.09. The van der Waals surface area contributed by atoms with Gasteiger partial charge in [0.2, 0.25) is 0 Å². The van der Waals surface area contributed by atoms with Gasteiger partial charge >= 0.3 is 0 Å². The molecule has 0 radical (unpaired) electrons. The van der Waals surface area contributed by atoms with Gasteiger partial charge < -0.3 is 9.88 Å². The van der Waals surface area contributed by atoms with Crippen LogP contribution in [0, 0.1) is 0 Å². The SMILES string of the molecule is Cn1c(C(=O)NCc2nccs2)cc2ccccc21. The van der Waals surface area contributed by atoms with Crippen molar-refractivity contribution in [2.45, 2.75) is 6.54 Å². The number of aryl methyl sites for hydroxylation is 1. The summed E-state index contributed by atoms with van der Waals surface area (Å²) < 4.78 is 1.91. The zero-order chi connectivity index (χ0) is 13.2. The van der Waals surface area contributed by atoms with Crippen LogP contribution in [-0.4, -0.2) is 15.5 Å². The first-order valence-corrected chi connectivity index (χ1v) is 6.84. The Hall–Kier alpha value is -2.14. The smallest absolute Gasteiger partial charge is 0.268 e. The predicted molar refractivity (Wildman–Crippen MR) is 76.2 cm³/mol. The van der Waals surface area contributed by atoms with Crippen LogP contribution in [0.3, 0.4) is 0 Å². The van der Waals surface area contributed by atoms with Gasteiger partial charge in [0.25, 0.3) is 5.91 Å². The molecule has 0 aliphatic rings. The normalized spacial score (nSPS) is 10.8. The molecule has 1 amide bonds. The second-order valence-electron chi connectivity index (χ2n) is 4.26. The molecule has 3 rings (SSSR count). The summed E-state index contributed by atoms with van der Waals surface area (Å²) in [7, 11) is 1.90. The monoisotopic (exact) mass is 271 g/mol. The molecule has 5 heteroatoms. The Morgan fingerprint density at radius 1 is 1.42 bits per heavy atom. The maximum Gasteiger partial charge on any atom is 0.268 e. The average Bonchev–Trinajstić information content (AvgIpc) is 3.05. The molecule has 0 saturated heterocycles. The summed E-state index contributed by atoms with van der Waals surface area (Å²) in [4.78, 5) is 16.3. The molecule has 2 aromatic heterocycles. The number of para-hydroxylation sites is 1. The number of amides is 1. The van der Waals surface area contributed by atoms with Gasteiger partial charge in [-0.15, -0.1) is 11.3 Å². The number of hydrogen-bond acceptors (Lipinski definition) is 3. The van der Waals surface area contributed by atoms with E-state index in [1.54, 1.807) is 6.20 Å². The Bertz CT molecular complexity index is 715. The number of aromatic nitrogens is 2. The van der Waals surface area contributed by atoms with Crippen LogP contribution in [0.2, 0.25) is 0 Å². The molecule has 0 atom stereocenters. The van der Waals surface area contributed by atoms with Gasteiger partial charge in [0.1, 0.15) is 10.7 Å². The maximum atomic E-state index is 12.2. The Balaban J connectivity index is 1.83. The van der Waals surface area contributed by atoms with Gasteiger partial charge in [0, 0.05) is 29.5 Å². The fourth-order valence-corrected chi connectivity index (χ4v) is 2.65. The number of carbonyl (C=O) groups is 1. The minimum atomic E-state index is -0.0751. The van der Waals surface area contributed by atoms with E-state index in [9.17, 15) is 4.79 Å². The summed E-state index contributed by atoms with van der Waals surface area (Å²) in [6, 6.07) is 9.87. The van der Waals surface area contributed by atoms with Crippen LogP contribution in [-0.2, 0) is 13.6 Å². The van der Waals surface area contributed by atoms with Crippen LogP contribution >= 0.6 is 11.3 Å². The van der Waals surface area contributed by atoms with Crippen LogP contribution in [0.5, 0.6) is 0 Å². The molecular formula is C14H13N3OS. The largest absolute Gasteiger partial charge is 0.344 e. The molecule has 0 aliphatic carbocycles. The number of thiazole rings is 1. The third-order valence-corrected chi connectivity index (χ3v) is 3.85. The molecule has 0 bridgehead atoms. The number of hydrogen-bond donors (Lipinski definition) is 1. The lowest BCUT2D eigenvalue weighted by Crippen LogP contribution is -2.24. The first-order chi connectivity index (χ1) is 9.25. The van der Waals surface area contributed by atoms with Gasteiger partial charge in [-0.05, 0) is 12.1 Å². The summed E-state index contributed by atoms with van der Waals surface area (Å²) in [5.74, 6) is -0.0751. The molecule has 4 nitrogen and oxygen atoms in total. The van der Waals surface area contributed by atoms with E-state index in [4.69, 9.17) is 0 Å². The van der Waals surface area contributed by atoms with Crippen molar-refractivity contribution in [2.75, 3.05) is 0 Å². The molecule has 2 heterocycles. The van der Waals surface area contributed by atoms with E-state index < -0.39 is 0 Å². The molecule has 0 saturated carbocycles. The Morgan fingerprint density at radius 2 is 2.26 bits per heavy atom. The number of nitrogens with zero attached hydrogens (tertiary/aromatic N) is 2. The molecule has 19 heavy (non-hydrogen) atoms. The number of rotatable bonds is 3. The molecule has 0 spiro atoms. The van der Waals surface area contributed by atoms with E-state index in [-0.39, 0.29) is 5.91 Å². The van der Waals surface area contributed by atoms with Crippen molar-refractivity contribution in [1.82, 2.24) is 14.9 Å². The second-order valence-corrected chi connectivity index (χ2v) is 5.24. The van der Waals surface area contributed by atoms with E-state index in [1.165, 1.54) is 11.3 Å². The van der Waals surface area contributed by atoms with Crippen molar-refractivity contribution < 1.29 is 4.79 Å². The number of fused-ring (bicyclic) bond motifs is 1. The van der Waals surface area contributed by atoms with Gasteiger partial charge in [-0.25, -0.2) is 4.98 Å². The van der Waals surface area contributed by atoms with Crippen LogP contribution < -0.4 is 5.32 Å². The summed E-state index contributed by atoms with van der Waals surface area (Å²) in [5.41, 5.74) is 1.72. The Morgan fingerprint density at radius 3 is 3.00 bits per heavy atom. The van der Waals surface area contributed by atoms with Gasteiger partial charge in [0.05, 0.1) is 6.54 Å². The third kappa shape index (κ3) is 2.24. The maximum absolute atomic E-state index is 12.2. The highest BCUT2D eigenvalue weighted by molar-refractivity contribution is 7.09. The minimum Gasteiger partial charge on any atom is -0.344 e. The van der Waals surface area contributed by atoms with Crippen LogP contribution in [0.1, 0.15) is 15.5 Å². The lowest BCUT2D eigenvalue weighted by Gasteiger charge is -2.04. The molecule has 96 valence electrons. The lowest BCUT2D eigenvalue weighted by atomic mass is 10.2. The number of benzene rings is 1. The number of nitrogens with one attached hydrogen (secondary N) is 1. The van der Waals surface area contributed by atoms with E-state index in [2.05, 4.69) is 10.3 Å². The van der Waals surface area contributed by atoms with Crippen molar-refractivity contribution in [1.29, 1.82) is 0 Å². The van der Waals surface area contributed by atoms with Gasteiger partial charge in [-0.2, -0.15) is 0 Å². The Labute approximate surface area is 114 Å². The van der Waals surface area contributed by atoms with Crippen LogP contribution in [0.15, 0.2) is 41.9 Å². The van der Waals surface area contributed by atoms with Crippen molar-refractivity contribution in [3.05, 3.63) is 52.6 Å². The van der Waals surface area contributed by atoms with Crippen molar-refractivity contribution in [3.63, 3.8) is 0 Å². The molecule has 1 aromatic carbocycles. The van der Waals surface area contributed by atoms with Crippen molar-refractivity contribution in [2.24, 2.45) is 7.05 Å². The summed E-state index contributed by atoms with van der Waals surface area (Å²) in [6.45, 7) is 0.470. The Kier molecular flexibility index (Phi) is 3.05. The zero-order valence-corrected chi connectivity index (χ0v) is 11.3. The van der Waals surface area contributed by atoms with Crippen LogP contribution in [0.25, 0.3) is 10.9 Å². The molecule has 3 aromatic rings.